The molecule has 104 valence electrons. The van der Waals surface area contributed by atoms with Gasteiger partial charge in [-0.1, -0.05) is 6.92 Å². The second-order valence-corrected chi connectivity index (χ2v) is 5.89. The van der Waals surface area contributed by atoms with Crippen LogP contribution in [0.4, 0.5) is 4.79 Å². The van der Waals surface area contributed by atoms with Crippen LogP contribution in [0.3, 0.4) is 0 Å². The summed E-state index contributed by atoms with van der Waals surface area (Å²) in [6.45, 7) is 6.96. The summed E-state index contributed by atoms with van der Waals surface area (Å²) in [5.41, 5.74) is -0.609. The summed E-state index contributed by atoms with van der Waals surface area (Å²) in [5.74, 6) is -1.45. The van der Waals surface area contributed by atoms with Gasteiger partial charge in [0.25, 0.3) is 0 Å². The Morgan fingerprint density at radius 3 is 2.39 bits per heavy atom. The Hall–Kier alpha value is -1.26. The van der Waals surface area contributed by atoms with Crippen LogP contribution >= 0.6 is 0 Å². The van der Waals surface area contributed by atoms with Crippen LogP contribution in [0.15, 0.2) is 0 Å². The summed E-state index contributed by atoms with van der Waals surface area (Å²) in [6, 6.07) is -0.196. The molecular weight excluding hydrogens is 234 g/mol. The van der Waals surface area contributed by atoms with Crippen LogP contribution in [0.25, 0.3) is 0 Å². The number of rotatable bonds is 3. The minimum Gasteiger partial charge on any atom is -0.481 e. The Bertz CT molecular complexity index is 353. The van der Waals surface area contributed by atoms with Gasteiger partial charge in [0.2, 0.25) is 0 Å². The zero-order valence-corrected chi connectivity index (χ0v) is 11.5. The smallest absolute Gasteiger partial charge is 0.410 e. The standard InChI is InChI=1S/C13H23NO4/c1-8(11(15)16)9-6-7-10(9)14(5)12(17)18-13(2,3)4/h8-10H,6-7H2,1-5H3,(H,15,16)/i5D. The lowest BCUT2D eigenvalue weighted by molar-refractivity contribution is -0.145. The van der Waals surface area contributed by atoms with Gasteiger partial charge in [-0.2, -0.15) is 0 Å². The molecule has 0 bridgehead atoms. The number of carboxylic acid groups (broad SMARTS) is 1. The van der Waals surface area contributed by atoms with Crippen molar-refractivity contribution in [1.82, 2.24) is 4.90 Å². The van der Waals surface area contributed by atoms with Gasteiger partial charge in [0.1, 0.15) is 5.60 Å². The van der Waals surface area contributed by atoms with Gasteiger partial charge in [0.05, 0.1) is 5.92 Å². The first kappa shape index (κ1) is 13.2. The van der Waals surface area contributed by atoms with Crippen molar-refractivity contribution in [2.24, 2.45) is 11.8 Å². The highest BCUT2D eigenvalue weighted by Gasteiger charge is 2.42. The minimum absolute atomic E-state index is 0.0876. The topological polar surface area (TPSA) is 66.8 Å². The first-order valence-corrected chi connectivity index (χ1v) is 6.19. The number of aliphatic carboxylic acids is 1. The Balaban J connectivity index is 2.70. The Morgan fingerprint density at radius 2 is 2.06 bits per heavy atom. The zero-order chi connectivity index (χ0) is 14.8. The van der Waals surface area contributed by atoms with Gasteiger partial charge in [0.15, 0.2) is 0 Å². The Kier molecular flexibility index (Phi) is 3.78. The van der Waals surface area contributed by atoms with Crippen molar-refractivity contribution in [3.63, 3.8) is 0 Å². The van der Waals surface area contributed by atoms with E-state index in [0.29, 0.717) is 0 Å². The Morgan fingerprint density at radius 1 is 1.44 bits per heavy atom. The number of amides is 1. The lowest BCUT2D eigenvalue weighted by Gasteiger charge is -2.44. The molecule has 3 unspecified atom stereocenters. The summed E-state index contributed by atoms with van der Waals surface area (Å²) >= 11 is 0. The van der Waals surface area contributed by atoms with E-state index in [2.05, 4.69) is 0 Å². The maximum absolute atomic E-state index is 12.0. The van der Waals surface area contributed by atoms with E-state index in [9.17, 15) is 9.59 Å². The van der Waals surface area contributed by atoms with Gasteiger partial charge in [-0.3, -0.25) is 4.79 Å². The number of carbonyl (C=O) groups is 2. The SMILES string of the molecule is [2H]CN(C(=O)OC(C)(C)C)C1CCC1C(C)C(=O)O. The average molecular weight is 258 g/mol. The summed E-state index contributed by atoms with van der Waals surface area (Å²) in [4.78, 5) is 24.3. The van der Waals surface area contributed by atoms with Crippen LogP contribution < -0.4 is 0 Å². The van der Waals surface area contributed by atoms with E-state index in [4.69, 9.17) is 11.2 Å². The Labute approximate surface area is 110 Å². The fourth-order valence-corrected chi connectivity index (χ4v) is 2.12. The molecule has 0 aromatic heterocycles. The van der Waals surface area contributed by atoms with Crippen molar-refractivity contribution >= 4 is 12.1 Å². The van der Waals surface area contributed by atoms with E-state index < -0.39 is 23.6 Å². The molecule has 5 heteroatoms. The highest BCUT2D eigenvalue weighted by Crippen LogP contribution is 2.37. The highest BCUT2D eigenvalue weighted by molar-refractivity contribution is 5.71. The number of ether oxygens (including phenoxy) is 1. The van der Waals surface area contributed by atoms with Crippen molar-refractivity contribution < 1.29 is 20.8 Å². The van der Waals surface area contributed by atoms with Crippen molar-refractivity contribution in [1.29, 1.82) is 0 Å². The van der Waals surface area contributed by atoms with Gasteiger partial charge in [0, 0.05) is 14.4 Å². The first-order chi connectivity index (χ1) is 8.67. The molecule has 1 aliphatic carbocycles. The van der Waals surface area contributed by atoms with Gasteiger partial charge in [-0.15, -0.1) is 0 Å². The zero-order valence-electron chi connectivity index (χ0n) is 12.5. The van der Waals surface area contributed by atoms with E-state index in [-0.39, 0.29) is 19.0 Å². The molecule has 3 atom stereocenters. The van der Waals surface area contributed by atoms with Crippen LogP contribution in [0.1, 0.15) is 41.9 Å². The third kappa shape index (κ3) is 3.37. The van der Waals surface area contributed by atoms with Gasteiger partial charge in [-0.25, -0.2) is 4.79 Å². The van der Waals surface area contributed by atoms with Crippen LogP contribution in [0.2, 0.25) is 0 Å². The lowest BCUT2D eigenvalue weighted by atomic mass is 9.71. The average Bonchev–Trinajstić information content (AvgIpc) is 2.20. The molecule has 5 nitrogen and oxygen atoms in total. The third-order valence-electron chi connectivity index (χ3n) is 3.35. The normalized spacial score (nSPS) is 25.7. The van der Waals surface area contributed by atoms with Gasteiger partial charge < -0.3 is 14.7 Å². The number of hydrogen-bond donors (Lipinski definition) is 1. The maximum Gasteiger partial charge on any atom is 0.410 e. The van der Waals surface area contributed by atoms with E-state index in [1.807, 2.05) is 0 Å². The summed E-state index contributed by atoms with van der Waals surface area (Å²) in [7, 11) is -0.206. The van der Waals surface area contributed by atoms with Crippen LogP contribution in [0.5, 0.6) is 0 Å². The van der Waals surface area contributed by atoms with Crippen molar-refractivity contribution in [3.8, 4) is 0 Å². The minimum atomic E-state index is -0.858. The first-order valence-electron chi connectivity index (χ1n) is 6.89. The predicted octanol–water partition coefficient (Wildman–Crippen LogP) is 2.35. The molecular formula is C13H23NO4. The molecule has 1 fully saturated rings. The van der Waals surface area contributed by atoms with E-state index in [1.54, 1.807) is 27.7 Å². The van der Waals surface area contributed by atoms with Gasteiger partial charge in [-0.05, 0) is 39.5 Å². The number of carbonyl (C=O) groups excluding carboxylic acids is 1. The fraction of sp³-hybridized carbons (Fsp3) is 0.846. The molecule has 1 rings (SSSR count). The monoisotopic (exact) mass is 258 g/mol. The lowest BCUT2D eigenvalue weighted by Crippen LogP contribution is -2.52. The van der Waals surface area contributed by atoms with E-state index in [0.717, 1.165) is 12.8 Å². The predicted molar refractivity (Wildman–Crippen MR) is 67.3 cm³/mol. The van der Waals surface area contributed by atoms with Crippen molar-refractivity contribution in [2.75, 3.05) is 7.02 Å². The fourth-order valence-electron chi connectivity index (χ4n) is 2.12. The summed E-state index contributed by atoms with van der Waals surface area (Å²) < 4.78 is 12.7. The molecule has 1 amide bonds. The molecule has 0 aliphatic heterocycles. The molecule has 0 heterocycles. The largest absolute Gasteiger partial charge is 0.481 e. The molecule has 0 aromatic rings. The van der Waals surface area contributed by atoms with Crippen molar-refractivity contribution in [2.45, 2.75) is 52.2 Å². The molecule has 1 N–H and O–H groups in total. The van der Waals surface area contributed by atoms with Gasteiger partial charge >= 0.3 is 12.1 Å². The van der Waals surface area contributed by atoms with Crippen LogP contribution in [0, 0.1) is 11.8 Å². The summed E-state index contributed by atoms with van der Waals surface area (Å²) in [6.07, 6.45) is 0.979. The third-order valence-corrected chi connectivity index (χ3v) is 3.35. The highest BCUT2D eigenvalue weighted by atomic mass is 16.6. The maximum atomic E-state index is 12.0. The quantitative estimate of drug-likeness (QED) is 0.843. The molecule has 0 saturated heterocycles. The van der Waals surface area contributed by atoms with Crippen molar-refractivity contribution in [3.05, 3.63) is 0 Å². The second-order valence-electron chi connectivity index (χ2n) is 5.89. The van der Waals surface area contributed by atoms with Crippen LogP contribution in [-0.2, 0) is 9.53 Å². The van der Waals surface area contributed by atoms with E-state index in [1.165, 1.54) is 4.90 Å². The molecule has 1 saturated carbocycles. The molecule has 0 radical (unpaired) electrons. The number of nitrogens with zero attached hydrogens (tertiary/aromatic N) is 1. The molecule has 18 heavy (non-hydrogen) atoms. The molecule has 0 aromatic carbocycles. The number of carboxylic acids is 1. The summed E-state index contributed by atoms with van der Waals surface area (Å²) in [5, 5.41) is 9.03. The number of hydrogen-bond acceptors (Lipinski definition) is 3. The molecule has 0 spiro atoms. The van der Waals surface area contributed by atoms with Crippen LogP contribution in [-0.4, -0.2) is 40.7 Å². The second kappa shape index (κ2) is 5.16. The van der Waals surface area contributed by atoms with E-state index >= 15 is 0 Å². The molecule has 1 aliphatic rings.